The maximum atomic E-state index is 5.28. The zero-order chi connectivity index (χ0) is 23.0. The van der Waals surface area contributed by atoms with E-state index in [1.165, 1.54) is 81.8 Å². The Kier molecular flexibility index (Phi) is 13.0. The molecule has 0 amide bonds. The molecule has 0 bridgehead atoms. The molecule has 1 aromatic rings. The minimum Gasteiger partial charge on any atom is -0.386 e. The predicted octanol–water partition coefficient (Wildman–Crippen LogP) is 6.40. The first-order chi connectivity index (χ1) is 15.7. The van der Waals surface area contributed by atoms with Crippen molar-refractivity contribution >= 4 is 5.69 Å². The summed E-state index contributed by atoms with van der Waals surface area (Å²) >= 11 is 0. The predicted molar refractivity (Wildman–Crippen MR) is 141 cm³/mol. The SMILES string of the molecule is C#CCCC/C(=C/CC)NC1CCCCC1.CCc1ccccc1N1CCN(CC)CC1. The van der Waals surface area contributed by atoms with Crippen LogP contribution >= 0.6 is 0 Å². The van der Waals surface area contributed by atoms with E-state index in [9.17, 15) is 0 Å². The van der Waals surface area contributed by atoms with Crippen LogP contribution in [0.4, 0.5) is 5.69 Å². The third-order valence-electron chi connectivity index (χ3n) is 6.75. The zero-order valence-electron chi connectivity index (χ0n) is 21.0. The lowest BCUT2D eigenvalue weighted by atomic mass is 9.95. The van der Waals surface area contributed by atoms with Crippen molar-refractivity contribution in [1.82, 2.24) is 10.2 Å². The molecule has 3 heteroatoms. The molecule has 1 N–H and O–H groups in total. The molecule has 3 rings (SSSR count). The average molecular weight is 438 g/mol. The number of hydrogen-bond donors (Lipinski definition) is 1. The molecule has 1 aromatic carbocycles. The summed E-state index contributed by atoms with van der Waals surface area (Å²) in [6, 6.07) is 9.53. The van der Waals surface area contributed by atoms with Crippen LogP contribution in [0.5, 0.6) is 0 Å². The van der Waals surface area contributed by atoms with Crippen LogP contribution in [-0.2, 0) is 6.42 Å². The number of terminal acetylenes is 1. The lowest BCUT2D eigenvalue weighted by Gasteiger charge is -2.36. The van der Waals surface area contributed by atoms with Crippen molar-refractivity contribution in [3.63, 3.8) is 0 Å². The Balaban J connectivity index is 0.000000227. The van der Waals surface area contributed by atoms with E-state index in [0.29, 0.717) is 0 Å². The molecular formula is C29H47N3. The number of para-hydroxylation sites is 1. The monoisotopic (exact) mass is 437 g/mol. The number of piperazine rings is 1. The van der Waals surface area contributed by atoms with Crippen LogP contribution in [-0.4, -0.2) is 43.7 Å². The summed E-state index contributed by atoms with van der Waals surface area (Å²) in [5.74, 6) is 2.71. The summed E-state index contributed by atoms with van der Waals surface area (Å²) in [5.41, 5.74) is 4.35. The van der Waals surface area contributed by atoms with E-state index >= 15 is 0 Å². The molecule has 0 aromatic heterocycles. The smallest absolute Gasteiger partial charge is 0.0399 e. The number of anilines is 1. The van der Waals surface area contributed by atoms with Gasteiger partial charge in [0.2, 0.25) is 0 Å². The number of aryl methyl sites for hydroxylation is 1. The Morgan fingerprint density at radius 1 is 1.06 bits per heavy atom. The fourth-order valence-corrected chi connectivity index (χ4v) is 4.79. The third-order valence-corrected chi connectivity index (χ3v) is 6.75. The summed E-state index contributed by atoms with van der Waals surface area (Å²) in [7, 11) is 0. The van der Waals surface area contributed by atoms with E-state index in [1.54, 1.807) is 0 Å². The standard InChI is InChI=1S/C15H25N.C14H22N2/c1-3-5-7-11-14(10-4-2)16-15-12-8-6-9-13-15;1-3-13-7-5-6-8-14(13)16-11-9-15(4-2)10-12-16/h1,10,15-16H,4-9,11-13H2,2H3;5-8H,3-4,9-12H2,1-2H3/b14-10-;. The molecule has 3 nitrogen and oxygen atoms in total. The normalized spacial score (nSPS) is 17.9. The van der Waals surface area contributed by atoms with Gasteiger partial charge in [-0.3, -0.25) is 0 Å². The second-order valence-electron chi connectivity index (χ2n) is 9.08. The van der Waals surface area contributed by atoms with Crippen LogP contribution in [0.2, 0.25) is 0 Å². The molecule has 0 unspecified atom stereocenters. The largest absolute Gasteiger partial charge is 0.386 e. The third kappa shape index (κ3) is 9.29. The number of nitrogens with zero attached hydrogens (tertiary/aromatic N) is 2. The van der Waals surface area contributed by atoms with E-state index < -0.39 is 0 Å². The molecule has 1 saturated carbocycles. The minimum absolute atomic E-state index is 0.720. The van der Waals surface area contributed by atoms with E-state index in [-0.39, 0.29) is 0 Å². The van der Waals surface area contributed by atoms with Gasteiger partial charge in [0.05, 0.1) is 0 Å². The number of nitrogens with one attached hydrogen (secondary N) is 1. The van der Waals surface area contributed by atoms with Crippen molar-refractivity contribution in [3.05, 3.63) is 41.6 Å². The topological polar surface area (TPSA) is 18.5 Å². The van der Waals surface area contributed by atoms with Crippen LogP contribution in [0.15, 0.2) is 36.0 Å². The highest BCUT2D eigenvalue weighted by atomic mass is 15.3. The molecule has 0 atom stereocenters. The molecule has 178 valence electrons. The molecule has 2 fully saturated rings. The molecule has 2 aliphatic rings. The number of allylic oxidation sites excluding steroid dienone is 2. The number of unbranched alkanes of at least 4 members (excludes halogenated alkanes) is 1. The highest BCUT2D eigenvalue weighted by Gasteiger charge is 2.17. The fraction of sp³-hybridized carbons (Fsp3) is 0.655. The number of benzene rings is 1. The summed E-state index contributed by atoms with van der Waals surface area (Å²) in [4.78, 5) is 5.05. The van der Waals surface area contributed by atoms with Crippen LogP contribution in [0.25, 0.3) is 0 Å². The van der Waals surface area contributed by atoms with Gasteiger partial charge in [0, 0.05) is 50.0 Å². The molecule has 1 aliphatic heterocycles. The van der Waals surface area contributed by atoms with Gasteiger partial charge in [0.25, 0.3) is 0 Å². The van der Waals surface area contributed by atoms with E-state index in [2.05, 4.69) is 72.1 Å². The van der Waals surface area contributed by atoms with Crippen LogP contribution < -0.4 is 10.2 Å². The summed E-state index contributed by atoms with van der Waals surface area (Å²) < 4.78 is 0. The van der Waals surface area contributed by atoms with Crippen LogP contribution in [0.3, 0.4) is 0 Å². The Labute approximate surface area is 198 Å². The van der Waals surface area contributed by atoms with Gasteiger partial charge >= 0.3 is 0 Å². The van der Waals surface area contributed by atoms with Crippen molar-refractivity contribution in [1.29, 1.82) is 0 Å². The summed E-state index contributed by atoms with van der Waals surface area (Å²) in [6.45, 7) is 12.6. The van der Waals surface area contributed by atoms with Gasteiger partial charge in [-0.15, -0.1) is 12.3 Å². The van der Waals surface area contributed by atoms with Crippen molar-refractivity contribution < 1.29 is 0 Å². The molecule has 0 spiro atoms. The van der Waals surface area contributed by atoms with Crippen LogP contribution in [0.1, 0.15) is 84.1 Å². The van der Waals surface area contributed by atoms with Crippen LogP contribution in [0, 0.1) is 12.3 Å². The van der Waals surface area contributed by atoms with Crippen molar-refractivity contribution in [2.45, 2.75) is 91.0 Å². The maximum absolute atomic E-state index is 5.28. The molecular weight excluding hydrogens is 390 g/mol. The van der Waals surface area contributed by atoms with Gasteiger partial charge in [-0.25, -0.2) is 0 Å². The average Bonchev–Trinajstić information content (AvgIpc) is 2.85. The molecule has 0 radical (unpaired) electrons. The highest BCUT2D eigenvalue weighted by molar-refractivity contribution is 5.54. The molecule has 1 saturated heterocycles. The van der Waals surface area contributed by atoms with E-state index in [0.717, 1.165) is 38.1 Å². The van der Waals surface area contributed by atoms with Gasteiger partial charge in [-0.2, -0.15) is 0 Å². The quantitative estimate of drug-likeness (QED) is 0.356. The zero-order valence-corrected chi connectivity index (χ0v) is 21.0. The van der Waals surface area contributed by atoms with Crippen molar-refractivity contribution in [2.75, 3.05) is 37.6 Å². The molecule has 32 heavy (non-hydrogen) atoms. The number of likely N-dealkylation sites (N-methyl/N-ethyl adjacent to an activating group) is 1. The van der Waals surface area contributed by atoms with Gasteiger partial charge in [-0.05, 0) is 56.7 Å². The first kappa shape index (κ1) is 26.3. The lowest BCUT2D eigenvalue weighted by molar-refractivity contribution is 0.271. The molecule has 1 aliphatic carbocycles. The lowest BCUT2D eigenvalue weighted by Crippen LogP contribution is -2.46. The minimum atomic E-state index is 0.720. The maximum Gasteiger partial charge on any atom is 0.0399 e. The van der Waals surface area contributed by atoms with Crippen molar-refractivity contribution in [2.24, 2.45) is 0 Å². The Bertz CT molecular complexity index is 689. The highest BCUT2D eigenvalue weighted by Crippen LogP contribution is 2.22. The summed E-state index contributed by atoms with van der Waals surface area (Å²) in [6.07, 6.45) is 19.9. The van der Waals surface area contributed by atoms with Gasteiger partial charge in [-0.1, -0.05) is 64.3 Å². The second-order valence-corrected chi connectivity index (χ2v) is 9.08. The number of rotatable bonds is 9. The molecule has 1 heterocycles. The Morgan fingerprint density at radius 3 is 2.41 bits per heavy atom. The first-order valence-corrected chi connectivity index (χ1v) is 13.2. The second kappa shape index (κ2) is 15.8. The van der Waals surface area contributed by atoms with Crippen molar-refractivity contribution in [3.8, 4) is 12.3 Å². The fourth-order valence-electron chi connectivity index (χ4n) is 4.79. The van der Waals surface area contributed by atoms with E-state index in [4.69, 9.17) is 6.42 Å². The van der Waals surface area contributed by atoms with Gasteiger partial charge in [0.1, 0.15) is 0 Å². The summed E-state index contributed by atoms with van der Waals surface area (Å²) in [5, 5.41) is 3.71. The van der Waals surface area contributed by atoms with Gasteiger partial charge in [0.15, 0.2) is 0 Å². The van der Waals surface area contributed by atoms with Gasteiger partial charge < -0.3 is 15.1 Å². The number of hydrogen-bond acceptors (Lipinski definition) is 3. The first-order valence-electron chi connectivity index (χ1n) is 13.2. The Morgan fingerprint density at radius 2 is 1.78 bits per heavy atom. The van der Waals surface area contributed by atoms with E-state index in [1.807, 2.05) is 0 Å². The Hall–Kier alpha value is -1.92.